The van der Waals surface area contributed by atoms with Gasteiger partial charge in [-0.25, -0.2) is 0 Å². The molecule has 0 unspecified atom stereocenters. The zero-order chi connectivity index (χ0) is 19.3. The number of carbonyl (C=O) groups excluding carboxylic acids is 2. The Hall–Kier alpha value is -2.82. The Bertz CT molecular complexity index is 774. The molecule has 0 heterocycles. The average molecular weight is 354 g/mol. The van der Waals surface area contributed by atoms with E-state index in [9.17, 15) is 9.59 Å². The molecule has 1 N–H and O–H groups in total. The first-order valence-corrected chi connectivity index (χ1v) is 8.56. The molecule has 0 fully saturated rings. The van der Waals surface area contributed by atoms with Gasteiger partial charge in [0.2, 0.25) is 11.8 Å². The third-order valence-corrected chi connectivity index (χ3v) is 4.25. The van der Waals surface area contributed by atoms with E-state index < -0.39 is 0 Å². The van der Waals surface area contributed by atoms with Crippen molar-refractivity contribution < 1.29 is 14.3 Å². The summed E-state index contributed by atoms with van der Waals surface area (Å²) in [5.41, 5.74) is 4.94. The van der Waals surface area contributed by atoms with Crippen LogP contribution in [0.5, 0.6) is 5.75 Å². The van der Waals surface area contributed by atoms with Gasteiger partial charge in [0.25, 0.3) is 0 Å². The van der Waals surface area contributed by atoms with Crippen molar-refractivity contribution in [3.8, 4) is 5.75 Å². The van der Waals surface area contributed by atoms with Gasteiger partial charge in [0.05, 0.1) is 7.11 Å². The quantitative estimate of drug-likeness (QED) is 0.862. The molecule has 0 aliphatic carbocycles. The summed E-state index contributed by atoms with van der Waals surface area (Å²) in [5.74, 6) is 0.406. The third kappa shape index (κ3) is 5.09. The maximum atomic E-state index is 12.5. The molecule has 0 radical (unpaired) electrons. The fourth-order valence-corrected chi connectivity index (χ4v) is 2.96. The van der Waals surface area contributed by atoms with Crippen LogP contribution in [0.3, 0.4) is 0 Å². The molecule has 0 spiro atoms. The molecule has 2 rings (SSSR count). The number of hydrogen-bond donors (Lipinski definition) is 1. The summed E-state index contributed by atoms with van der Waals surface area (Å²) >= 11 is 0. The average Bonchev–Trinajstić information content (AvgIpc) is 2.58. The second-order valence-corrected chi connectivity index (χ2v) is 6.55. The van der Waals surface area contributed by atoms with Crippen molar-refractivity contribution in [3.05, 3.63) is 58.7 Å². The Morgan fingerprint density at radius 2 is 1.62 bits per heavy atom. The molecule has 26 heavy (non-hydrogen) atoms. The van der Waals surface area contributed by atoms with Gasteiger partial charge < -0.3 is 15.0 Å². The maximum Gasteiger partial charge on any atom is 0.244 e. The molecule has 0 aliphatic heterocycles. The van der Waals surface area contributed by atoms with Crippen LogP contribution in [0.2, 0.25) is 0 Å². The first kappa shape index (κ1) is 19.5. The molecule has 0 bridgehead atoms. The SMILES string of the molecule is COc1ccc(CN(CC(=O)Nc2c(C)cc(C)cc2C)C(C)=O)cc1. The van der Waals surface area contributed by atoms with Gasteiger partial charge in [0.15, 0.2) is 0 Å². The lowest BCUT2D eigenvalue weighted by molar-refractivity contribution is -0.133. The predicted octanol–water partition coefficient (Wildman–Crippen LogP) is 3.61. The number of anilines is 1. The summed E-state index contributed by atoms with van der Waals surface area (Å²) in [7, 11) is 1.61. The molecular weight excluding hydrogens is 328 g/mol. The van der Waals surface area contributed by atoms with Crippen LogP contribution in [-0.2, 0) is 16.1 Å². The number of benzene rings is 2. The molecule has 2 amide bonds. The summed E-state index contributed by atoms with van der Waals surface area (Å²) in [6.45, 7) is 7.81. The van der Waals surface area contributed by atoms with Crippen molar-refractivity contribution in [1.82, 2.24) is 4.90 Å². The number of nitrogens with one attached hydrogen (secondary N) is 1. The van der Waals surface area contributed by atoms with Crippen molar-refractivity contribution in [2.24, 2.45) is 0 Å². The smallest absolute Gasteiger partial charge is 0.244 e. The maximum absolute atomic E-state index is 12.5. The number of amides is 2. The van der Waals surface area contributed by atoms with Crippen molar-refractivity contribution in [2.45, 2.75) is 34.2 Å². The highest BCUT2D eigenvalue weighted by Crippen LogP contribution is 2.22. The standard InChI is InChI=1S/C21H26N2O3/c1-14-10-15(2)21(16(3)11-14)22-20(25)13-23(17(4)24)12-18-6-8-19(26-5)9-7-18/h6-11H,12-13H2,1-5H3,(H,22,25). The van der Waals surface area contributed by atoms with Gasteiger partial charge in [-0.3, -0.25) is 9.59 Å². The topological polar surface area (TPSA) is 58.6 Å². The number of nitrogens with zero attached hydrogens (tertiary/aromatic N) is 1. The minimum atomic E-state index is -0.205. The van der Waals surface area contributed by atoms with Crippen molar-refractivity contribution in [3.63, 3.8) is 0 Å². The monoisotopic (exact) mass is 354 g/mol. The van der Waals surface area contributed by atoms with Crippen molar-refractivity contribution >= 4 is 17.5 Å². The van der Waals surface area contributed by atoms with E-state index in [1.807, 2.05) is 57.2 Å². The number of hydrogen-bond acceptors (Lipinski definition) is 3. The molecule has 0 saturated carbocycles. The second-order valence-electron chi connectivity index (χ2n) is 6.55. The number of aryl methyl sites for hydroxylation is 3. The molecule has 0 saturated heterocycles. The van der Waals surface area contributed by atoms with Crippen LogP contribution in [0.25, 0.3) is 0 Å². The van der Waals surface area contributed by atoms with Gasteiger partial charge in [0, 0.05) is 19.2 Å². The number of carbonyl (C=O) groups is 2. The highest BCUT2D eigenvalue weighted by atomic mass is 16.5. The number of methoxy groups -OCH3 is 1. The van der Waals surface area contributed by atoms with E-state index in [1.54, 1.807) is 7.11 Å². The molecule has 2 aromatic carbocycles. The molecule has 0 aliphatic rings. The predicted molar refractivity (Wildman–Crippen MR) is 103 cm³/mol. The van der Waals surface area contributed by atoms with E-state index in [2.05, 4.69) is 5.32 Å². The van der Waals surface area contributed by atoms with Gasteiger partial charge in [-0.05, 0) is 49.6 Å². The molecule has 138 valence electrons. The Kier molecular flexibility index (Phi) is 6.39. The van der Waals surface area contributed by atoms with Gasteiger partial charge >= 0.3 is 0 Å². The van der Waals surface area contributed by atoms with Crippen LogP contribution in [0.15, 0.2) is 36.4 Å². The fourth-order valence-electron chi connectivity index (χ4n) is 2.96. The van der Waals surface area contributed by atoms with Crippen molar-refractivity contribution in [1.29, 1.82) is 0 Å². The van der Waals surface area contributed by atoms with Crippen LogP contribution < -0.4 is 10.1 Å². The van der Waals surface area contributed by atoms with Crippen LogP contribution in [0.1, 0.15) is 29.2 Å². The molecule has 5 nitrogen and oxygen atoms in total. The lowest BCUT2D eigenvalue weighted by Crippen LogP contribution is -2.36. The van der Waals surface area contributed by atoms with Crippen LogP contribution in [-0.4, -0.2) is 30.4 Å². The lowest BCUT2D eigenvalue weighted by Gasteiger charge is -2.21. The number of ether oxygens (including phenoxy) is 1. The van der Waals surface area contributed by atoms with E-state index >= 15 is 0 Å². The third-order valence-electron chi connectivity index (χ3n) is 4.25. The largest absolute Gasteiger partial charge is 0.497 e. The minimum absolute atomic E-state index is 0.00805. The first-order valence-electron chi connectivity index (χ1n) is 8.56. The van der Waals surface area contributed by atoms with Crippen LogP contribution >= 0.6 is 0 Å². The zero-order valence-corrected chi connectivity index (χ0v) is 16.1. The normalized spacial score (nSPS) is 10.3. The summed E-state index contributed by atoms with van der Waals surface area (Å²) in [6.07, 6.45) is 0. The van der Waals surface area contributed by atoms with Gasteiger partial charge in [0.1, 0.15) is 12.3 Å². The van der Waals surface area contributed by atoms with E-state index in [1.165, 1.54) is 11.8 Å². The van der Waals surface area contributed by atoms with Gasteiger partial charge in [-0.2, -0.15) is 0 Å². The molecular formula is C21H26N2O3. The number of rotatable bonds is 6. The first-order chi connectivity index (χ1) is 12.3. The van der Waals surface area contributed by atoms with E-state index in [-0.39, 0.29) is 18.4 Å². The summed E-state index contributed by atoms with van der Waals surface area (Å²) < 4.78 is 5.14. The Balaban J connectivity index is 2.07. The molecule has 0 atom stereocenters. The van der Waals surface area contributed by atoms with E-state index in [0.717, 1.165) is 33.7 Å². The highest BCUT2D eigenvalue weighted by Gasteiger charge is 2.16. The summed E-state index contributed by atoms with van der Waals surface area (Å²) in [5, 5.41) is 2.94. The minimum Gasteiger partial charge on any atom is -0.497 e. The van der Waals surface area contributed by atoms with E-state index in [4.69, 9.17) is 4.74 Å². The Morgan fingerprint density at radius 3 is 2.12 bits per heavy atom. The molecule has 2 aromatic rings. The molecule has 0 aromatic heterocycles. The second kappa shape index (κ2) is 8.52. The van der Waals surface area contributed by atoms with Crippen molar-refractivity contribution in [2.75, 3.05) is 19.0 Å². The van der Waals surface area contributed by atoms with Gasteiger partial charge in [-0.15, -0.1) is 0 Å². The summed E-state index contributed by atoms with van der Waals surface area (Å²) in [4.78, 5) is 26.0. The highest BCUT2D eigenvalue weighted by molar-refractivity contribution is 5.95. The van der Waals surface area contributed by atoms with E-state index in [0.29, 0.717) is 6.54 Å². The lowest BCUT2D eigenvalue weighted by atomic mass is 10.1. The Labute approximate surface area is 155 Å². The van der Waals surface area contributed by atoms with Crippen LogP contribution in [0.4, 0.5) is 5.69 Å². The van der Waals surface area contributed by atoms with Gasteiger partial charge in [-0.1, -0.05) is 29.8 Å². The Morgan fingerprint density at radius 1 is 1.04 bits per heavy atom. The van der Waals surface area contributed by atoms with Crippen LogP contribution in [0, 0.1) is 20.8 Å². The fraction of sp³-hybridized carbons (Fsp3) is 0.333. The molecule has 5 heteroatoms. The summed E-state index contributed by atoms with van der Waals surface area (Å²) in [6, 6.07) is 11.5. The zero-order valence-electron chi connectivity index (χ0n) is 16.1.